The summed E-state index contributed by atoms with van der Waals surface area (Å²) in [7, 11) is 0. The first kappa shape index (κ1) is 19.2. The lowest BCUT2D eigenvalue weighted by Gasteiger charge is -2.26. The highest BCUT2D eigenvalue weighted by atomic mass is 16.5. The van der Waals surface area contributed by atoms with Gasteiger partial charge in [0.05, 0.1) is 0 Å². The number of hydrogen-bond acceptors (Lipinski definition) is 4. The minimum Gasteiger partial charge on any atom is -0.342 e. The summed E-state index contributed by atoms with van der Waals surface area (Å²) in [6, 6.07) is 8.03. The zero-order valence-electron chi connectivity index (χ0n) is 16.0. The van der Waals surface area contributed by atoms with E-state index in [1.54, 1.807) is 0 Å². The number of benzene rings is 1. The summed E-state index contributed by atoms with van der Waals surface area (Å²) >= 11 is 0. The zero-order chi connectivity index (χ0) is 18.4. The molecule has 136 valence electrons. The molecule has 0 aliphatic carbocycles. The SMILES string of the molecule is CCCN(CCc1nc(-c2ccc(C)cc2)no1)C(=O)CC(C)(C)C. The highest BCUT2D eigenvalue weighted by Gasteiger charge is 2.21. The van der Waals surface area contributed by atoms with Crippen molar-refractivity contribution in [1.82, 2.24) is 15.0 Å². The highest BCUT2D eigenvalue weighted by Crippen LogP contribution is 2.20. The molecule has 1 heterocycles. The largest absolute Gasteiger partial charge is 0.342 e. The third-order valence-electron chi connectivity index (χ3n) is 3.90. The topological polar surface area (TPSA) is 59.2 Å². The Morgan fingerprint density at radius 1 is 1.16 bits per heavy atom. The number of hydrogen-bond donors (Lipinski definition) is 0. The number of aryl methyl sites for hydroxylation is 1. The molecule has 0 bridgehead atoms. The Hall–Kier alpha value is -2.17. The molecule has 5 heteroatoms. The molecule has 0 saturated heterocycles. The molecule has 0 fully saturated rings. The second-order valence-corrected chi connectivity index (χ2v) is 7.75. The number of rotatable bonds is 7. The van der Waals surface area contributed by atoms with Gasteiger partial charge >= 0.3 is 0 Å². The van der Waals surface area contributed by atoms with Crippen molar-refractivity contribution < 1.29 is 9.32 Å². The molecule has 2 rings (SSSR count). The van der Waals surface area contributed by atoms with Crippen molar-refractivity contribution >= 4 is 5.91 Å². The van der Waals surface area contributed by atoms with E-state index in [0.717, 1.165) is 18.5 Å². The van der Waals surface area contributed by atoms with Gasteiger partial charge in [-0.2, -0.15) is 4.98 Å². The number of amides is 1. The summed E-state index contributed by atoms with van der Waals surface area (Å²) in [5.41, 5.74) is 2.13. The van der Waals surface area contributed by atoms with E-state index in [-0.39, 0.29) is 11.3 Å². The first-order valence-electron chi connectivity index (χ1n) is 8.96. The monoisotopic (exact) mass is 343 g/mol. The minimum atomic E-state index is -0.00777. The van der Waals surface area contributed by atoms with Crippen molar-refractivity contribution in [2.75, 3.05) is 13.1 Å². The van der Waals surface area contributed by atoms with Gasteiger partial charge in [-0.15, -0.1) is 0 Å². The highest BCUT2D eigenvalue weighted by molar-refractivity contribution is 5.76. The lowest BCUT2D eigenvalue weighted by Crippen LogP contribution is -2.35. The predicted molar refractivity (Wildman–Crippen MR) is 99.1 cm³/mol. The molecule has 2 aromatic rings. The Kier molecular flexibility index (Phi) is 6.34. The Bertz CT molecular complexity index is 684. The molecule has 0 saturated carbocycles. The molecule has 1 amide bonds. The van der Waals surface area contributed by atoms with Crippen LogP contribution in [0.2, 0.25) is 0 Å². The Balaban J connectivity index is 1.98. The number of carbonyl (C=O) groups excluding carboxylic acids is 1. The maximum atomic E-state index is 12.5. The molecule has 25 heavy (non-hydrogen) atoms. The summed E-state index contributed by atoms with van der Waals surface area (Å²) in [4.78, 5) is 18.9. The van der Waals surface area contributed by atoms with Gasteiger partial charge in [-0.25, -0.2) is 0 Å². The van der Waals surface area contributed by atoms with Gasteiger partial charge in [-0.1, -0.05) is 62.7 Å². The molecule has 0 atom stereocenters. The van der Waals surface area contributed by atoms with E-state index >= 15 is 0 Å². The number of nitrogens with zero attached hydrogens (tertiary/aromatic N) is 3. The summed E-state index contributed by atoms with van der Waals surface area (Å²) < 4.78 is 5.36. The summed E-state index contributed by atoms with van der Waals surface area (Å²) in [5.74, 6) is 1.35. The Labute approximate surface area is 150 Å². The number of carbonyl (C=O) groups is 1. The maximum absolute atomic E-state index is 12.5. The zero-order valence-corrected chi connectivity index (χ0v) is 16.0. The van der Waals surface area contributed by atoms with Gasteiger partial charge in [0.1, 0.15) is 0 Å². The van der Waals surface area contributed by atoms with Crippen LogP contribution in [0.5, 0.6) is 0 Å². The van der Waals surface area contributed by atoms with Crippen LogP contribution >= 0.6 is 0 Å². The van der Waals surface area contributed by atoms with Crippen molar-refractivity contribution in [3.05, 3.63) is 35.7 Å². The van der Waals surface area contributed by atoms with Gasteiger partial charge in [0, 0.05) is 31.5 Å². The van der Waals surface area contributed by atoms with E-state index in [1.165, 1.54) is 5.56 Å². The molecule has 0 radical (unpaired) electrons. The minimum absolute atomic E-state index is 0.00777. The first-order valence-corrected chi connectivity index (χ1v) is 8.96. The molecule has 0 spiro atoms. The lowest BCUT2D eigenvalue weighted by molar-refractivity contribution is -0.133. The van der Waals surface area contributed by atoms with Crippen LogP contribution in [0.15, 0.2) is 28.8 Å². The second kappa shape index (κ2) is 8.28. The second-order valence-electron chi connectivity index (χ2n) is 7.75. The Morgan fingerprint density at radius 2 is 1.84 bits per heavy atom. The molecule has 0 unspecified atom stereocenters. The predicted octanol–water partition coefficient (Wildman–Crippen LogP) is 4.26. The van der Waals surface area contributed by atoms with E-state index < -0.39 is 0 Å². The smallest absolute Gasteiger partial charge is 0.228 e. The van der Waals surface area contributed by atoms with E-state index in [1.807, 2.05) is 36.1 Å². The van der Waals surface area contributed by atoms with Crippen LogP contribution in [0.3, 0.4) is 0 Å². The van der Waals surface area contributed by atoms with Gasteiger partial charge in [-0.05, 0) is 18.8 Å². The average Bonchev–Trinajstić information content (AvgIpc) is 2.99. The quantitative estimate of drug-likeness (QED) is 0.753. The first-order chi connectivity index (χ1) is 11.8. The van der Waals surface area contributed by atoms with Crippen LogP contribution in [0.25, 0.3) is 11.4 Å². The van der Waals surface area contributed by atoms with E-state index in [0.29, 0.717) is 31.1 Å². The van der Waals surface area contributed by atoms with Gasteiger partial charge in [0.2, 0.25) is 17.6 Å². The van der Waals surface area contributed by atoms with Crippen molar-refractivity contribution in [2.45, 2.75) is 53.9 Å². The van der Waals surface area contributed by atoms with E-state index in [9.17, 15) is 4.79 Å². The molecule has 1 aromatic heterocycles. The molecule has 0 aliphatic heterocycles. The summed E-state index contributed by atoms with van der Waals surface area (Å²) in [5, 5.41) is 4.05. The van der Waals surface area contributed by atoms with Crippen LogP contribution in [-0.4, -0.2) is 34.0 Å². The van der Waals surface area contributed by atoms with Crippen molar-refractivity contribution in [3.63, 3.8) is 0 Å². The molecule has 5 nitrogen and oxygen atoms in total. The van der Waals surface area contributed by atoms with Crippen LogP contribution in [0, 0.1) is 12.3 Å². The van der Waals surface area contributed by atoms with Crippen LogP contribution < -0.4 is 0 Å². The third kappa shape index (κ3) is 6.00. The molecular weight excluding hydrogens is 314 g/mol. The number of aromatic nitrogens is 2. The van der Waals surface area contributed by atoms with Crippen molar-refractivity contribution in [1.29, 1.82) is 0 Å². The Morgan fingerprint density at radius 3 is 2.44 bits per heavy atom. The normalized spacial score (nSPS) is 11.6. The van der Waals surface area contributed by atoms with Gasteiger partial charge < -0.3 is 9.42 Å². The molecule has 1 aromatic carbocycles. The van der Waals surface area contributed by atoms with Gasteiger partial charge in [0.25, 0.3) is 0 Å². The van der Waals surface area contributed by atoms with Crippen molar-refractivity contribution in [2.24, 2.45) is 5.41 Å². The van der Waals surface area contributed by atoms with Crippen LogP contribution in [0.1, 0.15) is 52.0 Å². The summed E-state index contributed by atoms with van der Waals surface area (Å²) in [6.45, 7) is 11.7. The van der Waals surface area contributed by atoms with Crippen LogP contribution in [-0.2, 0) is 11.2 Å². The molecular formula is C20H29N3O2. The summed E-state index contributed by atoms with van der Waals surface area (Å²) in [6.07, 6.45) is 2.06. The maximum Gasteiger partial charge on any atom is 0.228 e. The van der Waals surface area contributed by atoms with Gasteiger partial charge in [-0.3, -0.25) is 4.79 Å². The van der Waals surface area contributed by atoms with E-state index in [4.69, 9.17) is 4.52 Å². The van der Waals surface area contributed by atoms with Gasteiger partial charge in [0.15, 0.2) is 0 Å². The molecule has 0 N–H and O–H groups in total. The standard InChI is InChI=1S/C20H29N3O2/c1-6-12-23(18(24)14-20(3,4)5)13-11-17-21-19(22-25-17)16-9-7-15(2)8-10-16/h7-10H,6,11-14H2,1-5H3. The van der Waals surface area contributed by atoms with Crippen molar-refractivity contribution in [3.8, 4) is 11.4 Å². The van der Waals surface area contributed by atoms with Crippen LogP contribution in [0.4, 0.5) is 0 Å². The fraction of sp³-hybridized carbons (Fsp3) is 0.550. The third-order valence-corrected chi connectivity index (χ3v) is 3.90. The van der Waals surface area contributed by atoms with E-state index in [2.05, 4.69) is 37.8 Å². The fourth-order valence-electron chi connectivity index (χ4n) is 2.60. The average molecular weight is 343 g/mol. The fourth-order valence-corrected chi connectivity index (χ4v) is 2.60. The lowest BCUT2D eigenvalue weighted by atomic mass is 9.91. The molecule has 0 aliphatic rings.